The van der Waals surface area contributed by atoms with Crippen molar-refractivity contribution in [2.24, 2.45) is 5.10 Å². The number of anilines is 1. The molecule has 3 rings (SSSR count). The summed E-state index contributed by atoms with van der Waals surface area (Å²) < 4.78 is 33.3. The van der Waals surface area contributed by atoms with Crippen LogP contribution >= 0.6 is 0 Å². The molecule has 0 fully saturated rings. The molecule has 0 aliphatic carbocycles. The molecule has 3 aromatic rings. The molecular formula is C26H27N3O4S. The summed E-state index contributed by atoms with van der Waals surface area (Å²) in [5, 5.41) is 3.97. The lowest BCUT2D eigenvalue weighted by Gasteiger charge is -2.25. The van der Waals surface area contributed by atoms with E-state index >= 15 is 0 Å². The number of amides is 1. The number of carbonyl (C=O) groups excluding carboxylic acids is 1. The fraction of sp³-hybridized carbons (Fsp3) is 0.154. The Hall–Kier alpha value is -3.91. The molecule has 0 saturated heterocycles. The Morgan fingerprint density at radius 3 is 2.41 bits per heavy atom. The van der Waals surface area contributed by atoms with Crippen molar-refractivity contribution in [1.29, 1.82) is 0 Å². The third kappa shape index (κ3) is 6.32. The molecule has 0 heterocycles. The second-order valence-electron chi connectivity index (χ2n) is 7.58. The predicted molar refractivity (Wildman–Crippen MR) is 135 cm³/mol. The van der Waals surface area contributed by atoms with Crippen molar-refractivity contribution in [2.45, 2.75) is 18.7 Å². The van der Waals surface area contributed by atoms with E-state index in [1.807, 2.05) is 26.0 Å². The molecule has 3 aromatic carbocycles. The van der Waals surface area contributed by atoms with Crippen molar-refractivity contribution < 1.29 is 17.9 Å². The first kappa shape index (κ1) is 24.7. The van der Waals surface area contributed by atoms with Crippen molar-refractivity contribution in [3.63, 3.8) is 0 Å². The quantitative estimate of drug-likeness (QED) is 0.269. The average Bonchev–Trinajstić information content (AvgIpc) is 2.83. The van der Waals surface area contributed by atoms with Crippen molar-refractivity contribution in [3.05, 3.63) is 102 Å². The van der Waals surface area contributed by atoms with Gasteiger partial charge in [-0.3, -0.25) is 9.10 Å². The lowest BCUT2D eigenvalue weighted by molar-refractivity contribution is -0.119. The Morgan fingerprint density at radius 2 is 1.76 bits per heavy atom. The normalized spacial score (nSPS) is 11.2. The van der Waals surface area contributed by atoms with Gasteiger partial charge in [0.2, 0.25) is 0 Å². The monoisotopic (exact) mass is 477 g/mol. The van der Waals surface area contributed by atoms with Crippen molar-refractivity contribution in [3.8, 4) is 5.75 Å². The van der Waals surface area contributed by atoms with Gasteiger partial charge in [-0.1, -0.05) is 48.6 Å². The third-order valence-corrected chi connectivity index (χ3v) is 6.66. The molecular weight excluding hydrogens is 450 g/mol. The molecule has 0 atom stereocenters. The van der Waals surface area contributed by atoms with E-state index in [1.54, 1.807) is 54.6 Å². The molecule has 7 nitrogen and oxygen atoms in total. The fourth-order valence-corrected chi connectivity index (χ4v) is 4.76. The first-order chi connectivity index (χ1) is 16.3. The molecule has 0 aliphatic rings. The van der Waals surface area contributed by atoms with Gasteiger partial charge in [0.15, 0.2) is 0 Å². The predicted octanol–water partition coefficient (Wildman–Crippen LogP) is 4.21. The second kappa shape index (κ2) is 11.3. The Bertz CT molecular complexity index is 1270. The molecule has 176 valence electrons. The van der Waals surface area contributed by atoms with Crippen LogP contribution in [0, 0.1) is 13.8 Å². The van der Waals surface area contributed by atoms with Crippen molar-refractivity contribution >= 4 is 27.8 Å². The van der Waals surface area contributed by atoms with Gasteiger partial charge < -0.3 is 4.74 Å². The van der Waals surface area contributed by atoms with Crippen LogP contribution in [0.3, 0.4) is 0 Å². The van der Waals surface area contributed by atoms with E-state index in [0.717, 1.165) is 21.0 Å². The van der Waals surface area contributed by atoms with E-state index in [-0.39, 0.29) is 4.90 Å². The third-order valence-electron chi connectivity index (χ3n) is 4.89. The van der Waals surface area contributed by atoms with E-state index in [1.165, 1.54) is 18.3 Å². The summed E-state index contributed by atoms with van der Waals surface area (Å²) in [6, 6.07) is 20.6. The van der Waals surface area contributed by atoms with Crippen LogP contribution in [-0.4, -0.2) is 33.7 Å². The highest BCUT2D eigenvalue weighted by atomic mass is 32.2. The fourth-order valence-electron chi connectivity index (χ4n) is 3.25. The van der Waals surface area contributed by atoms with Crippen LogP contribution in [0.1, 0.15) is 16.7 Å². The number of sulfonamides is 1. The smallest absolute Gasteiger partial charge is 0.264 e. The Labute approximate surface area is 200 Å². The zero-order valence-electron chi connectivity index (χ0n) is 19.1. The van der Waals surface area contributed by atoms with Gasteiger partial charge in [0, 0.05) is 0 Å². The highest BCUT2D eigenvalue weighted by molar-refractivity contribution is 7.92. The van der Waals surface area contributed by atoms with Gasteiger partial charge in [-0.2, -0.15) is 5.10 Å². The second-order valence-corrected chi connectivity index (χ2v) is 9.44. The minimum Gasteiger partial charge on any atom is -0.490 e. The average molecular weight is 478 g/mol. The maximum absolute atomic E-state index is 13.4. The van der Waals surface area contributed by atoms with Gasteiger partial charge in [-0.05, 0) is 67.4 Å². The number of nitrogens with zero attached hydrogens (tertiary/aromatic N) is 2. The number of ether oxygens (including phenoxy) is 1. The summed E-state index contributed by atoms with van der Waals surface area (Å²) in [5.41, 5.74) is 5.33. The molecule has 0 radical (unpaired) electrons. The Balaban J connectivity index is 1.77. The number of aryl methyl sites for hydroxylation is 2. The summed E-state index contributed by atoms with van der Waals surface area (Å²) >= 11 is 0. The minimum absolute atomic E-state index is 0.102. The van der Waals surface area contributed by atoms with Crippen LogP contribution in [0.5, 0.6) is 5.75 Å². The lowest BCUT2D eigenvalue weighted by atomic mass is 10.1. The molecule has 0 bridgehead atoms. The molecule has 0 spiro atoms. The zero-order chi connectivity index (χ0) is 24.6. The van der Waals surface area contributed by atoms with Crippen LogP contribution < -0.4 is 14.5 Å². The summed E-state index contributed by atoms with van der Waals surface area (Å²) in [5.74, 6) is 0.123. The van der Waals surface area contributed by atoms with Gasteiger partial charge in [0.1, 0.15) is 18.9 Å². The van der Waals surface area contributed by atoms with Crippen molar-refractivity contribution in [2.75, 3.05) is 17.5 Å². The summed E-state index contributed by atoms with van der Waals surface area (Å²) in [7, 11) is -3.97. The van der Waals surface area contributed by atoms with E-state index in [4.69, 9.17) is 4.74 Å². The topological polar surface area (TPSA) is 88.1 Å². The van der Waals surface area contributed by atoms with Crippen molar-refractivity contribution in [1.82, 2.24) is 5.43 Å². The number of rotatable bonds is 10. The maximum atomic E-state index is 13.4. The van der Waals surface area contributed by atoms with E-state index in [0.29, 0.717) is 18.0 Å². The number of hydrazone groups is 1. The Morgan fingerprint density at radius 1 is 1.06 bits per heavy atom. The largest absolute Gasteiger partial charge is 0.490 e. The first-order valence-corrected chi connectivity index (χ1v) is 12.1. The number of hydrogen-bond acceptors (Lipinski definition) is 5. The van der Waals surface area contributed by atoms with Gasteiger partial charge in [0.25, 0.3) is 15.9 Å². The zero-order valence-corrected chi connectivity index (χ0v) is 20.0. The number of hydrogen-bond donors (Lipinski definition) is 1. The minimum atomic E-state index is -3.97. The maximum Gasteiger partial charge on any atom is 0.264 e. The lowest BCUT2D eigenvalue weighted by Crippen LogP contribution is -2.40. The van der Waals surface area contributed by atoms with Crippen LogP contribution in [0.25, 0.3) is 0 Å². The van der Waals surface area contributed by atoms with Gasteiger partial charge in [-0.15, -0.1) is 0 Å². The summed E-state index contributed by atoms with van der Waals surface area (Å²) in [4.78, 5) is 12.8. The van der Waals surface area contributed by atoms with Crippen LogP contribution in [0.4, 0.5) is 5.69 Å². The number of nitrogens with one attached hydrogen (secondary N) is 1. The highest BCUT2D eigenvalue weighted by Crippen LogP contribution is 2.27. The summed E-state index contributed by atoms with van der Waals surface area (Å²) in [6.07, 6.45) is 3.13. The molecule has 0 unspecified atom stereocenters. The van der Waals surface area contributed by atoms with Gasteiger partial charge in [0.05, 0.1) is 16.8 Å². The number of benzene rings is 3. The van der Waals surface area contributed by atoms with E-state index < -0.39 is 22.5 Å². The van der Waals surface area contributed by atoms with E-state index in [9.17, 15) is 13.2 Å². The molecule has 8 heteroatoms. The van der Waals surface area contributed by atoms with E-state index in [2.05, 4.69) is 17.1 Å². The van der Waals surface area contributed by atoms with Gasteiger partial charge >= 0.3 is 0 Å². The van der Waals surface area contributed by atoms with Crippen LogP contribution in [0.2, 0.25) is 0 Å². The van der Waals surface area contributed by atoms with Gasteiger partial charge in [-0.25, -0.2) is 13.8 Å². The number of carbonyl (C=O) groups is 1. The molecule has 34 heavy (non-hydrogen) atoms. The molecule has 0 aromatic heterocycles. The first-order valence-electron chi connectivity index (χ1n) is 10.6. The molecule has 0 aliphatic heterocycles. The summed E-state index contributed by atoms with van der Waals surface area (Å²) in [6.45, 7) is 7.33. The standard InChI is InChI=1S/C26H27N3O4S/c1-4-16-33-23-13-11-22(12-14-23)18-27-28-26(30)19-29(25-15-10-20(2)17-21(25)3)34(31,32)24-8-6-5-7-9-24/h4-15,17-18H,1,16,19H2,2-3H3,(H,28,30)/b27-18-. The molecule has 0 saturated carbocycles. The molecule has 1 amide bonds. The Kier molecular flexibility index (Phi) is 8.21. The SMILES string of the molecule is C=CCOc1ccc(/C=N\NC(=O)CN(c2ccc(C)cc2C)S(=O)(=O)c2ccccc2)cc1. The highest BCUT2D eigenvalue weighted by Gasteiger charge is 2.28. The van der Waals surface area contributed by atoms with Crippen LogP contribution in [0.15, 0.2) is 95.4 Å². The van der Waals surface area contributed by atoms with Crippen LogP contribution in [-0.2, 0) is 14.8 Å². The molecule has 1 N–H and O–H groups in total.